The minimum atomic E-state index is -0.212. The van der Waals surface area contributed by atoms with Gasteiger partial charge in [0.25, 0.3) is 0 Å². The molecule has 0 saturated carbocycles. The molecule has 0 spiro atoms. The number of carbonyl (C=O) groups is 1. The quantitative estimate of drug-likeness (QED) is 0.303. The number of para-hydroxylation sites is 1. The van der Waals surface area contributed by atoms with Gasteiger partial charge in [-0.3, -0.25) is 10.2 Å². The summed E-state index contributed by atoms with van der Waals surface area (Å²) in [6.07, 6.45) is 2.62. The van der Waals surface area contributed by atoms with Crippen LogP contribution in [0.2, 0.25) is 0 Å². The maximum atomic E-state index is 11.3. The number of rotatable bonds is 10. The molecule has 2 aromatic rings. The van der Waals surface area contributed by atoms with E-state index >= 15 is 0 Å². The van der Waals surface area contributed by atoms with Gasteiger partial charge in [-0.05, 0) is 49.2 Å². The van der Waals surface area contributed by atoms with Gasteiger partial charge in [-0.15, -0.1) is 0 Å². The zero-order valence-corrected chi connectivity index (χ0v) is 15.1. The molecule has 138 valence electrons. The van der Waals surface area contributed by atoms with Crippen LogP contribution in [0, 0.1) is 0 Å². The summed E-state index contributed by atoms with van der Waals surface area (Å²) in [6, 6.07) is 15.3. The fourth-order valence-electron chi connectivity index (χ4n) is 2.21. The summed E-state index contributed by atoms with van der Waals surface area (Å²) in [6.45, 7) is 2.59. The predicted molar refractivity (Wildman–Crippen MR) is 102 cm³/mol. The highest BCUT2D eigenvalue weighted by Gasteiger charge is 2.06. The Labute approximate surface area is 153 Å². The molecule has 0 heterocycles. The molecule has 0 fully saturated rings. The summed E-state index contributed by atoms with van der Waals surface area (Å²) < 4.78 is 16.0. The zero-order chi connectivity index (χ0) is 18.6. The summed E-state index contributed by atoms with van der Waals surface area (Å²) in [7, 11) is 1.59. The number of hydrogen-bond acceptors (Lipinski definition) is 6. The second kappa shape index (κ2) is 10.8. The van der Waals surface area contributed by atoms with Crippen LogP contribution in [0.4, 0.5) is 5.69 Å². The molecular formula is C20H24N2O4. The van der Waals surface area contributed by atoms with E-state index < -0.39 is 0 Å². The van der Waals surface area contributed by atoms with Crippen molar-refractivity contribution >= 4 is 17.9 Å². The van der Waals surface area contributed by atoms with E-state index in [1.54, 1.807) is 20.2 Å². The molecule has 0 aromatic heterocycles. The Bertz CT molecular complexity index is 717. The van der Waals surface area contributed by atoms with E-state index in [1.807, 2.05) is 48.5 Å². The molecule has 0 aliphatic carbocycles. The Morgan fingerprint density at radius 1 is 1.15 bits per heavy atom. The van der Waals surface area contributed by atoms with Gasteiger partial charge >= 0.3 is 5.97 Å². The molecule has 6 heteroatoms. The molecule has 0 saturated heterocycles. The van der Waals surface area contributed by atoms with Crippen molar-refractivity contribution in [1.29, 1.82) is 0 Å². The second-order valence-corrected chi connectivity index (χ2v) is 5.40. The van der Waals surface area contributed by atoms with Crippen molar-refractivity contribution in [3.05, 3.63) is 54.1 Å². The van der Waals surface area contributed by atoms with Crippen molar-refractivity contribution in [3.63, 3.8) is 0 Å². The summed E-state index contributed by atoms with van der Waals surface area (Å²) in [5.41, 5.74) is 4.74. The predicted octanol–water partition coefficient (Wildman–Crippen LogP) is 3.86. The van der Waals surface area contributed by atoms with Crippen LogP contribution in [0.25, 0.3) is 0 Å². The highest BCUT2D eigenvalue weighted by molar-refractivity contribution is 5.81. The topological polar surface area (TPSA) is 69.2 Å². The maximum absolute atomic E-state index is 11.3. The third kappa shape index (κ3) is 6.47. The molecule has 0 atom stereocenters. The van der Waals surface area contributed by atoms with Crippen LogP contribution < -0.4 is 14.9 Å². The minimum Gasteiger partial charge on any atom is -0.493 e. The van der Waals surface area contributed by atoms with Gasteiger partial charge in [-0.1, -0.05) is 18.2 Å². The lowest BCUT2D eigenvalue weighted by molar-refractivity contribution is -0.143. The summed E-state index contributed by atoms with van der Waals surface area (Å²) in [4.78, 5) is 11.3. The number of nitrogens with one attached hydrogen (secondary N) is 1. The second-order valence-electron chi connectivity index (χ2n) is 5.40. The summed E-state index contributed by atoms with van der Waals surface area (Å²) in [5.74, 6) is 1.03. The number of esters is 1. The van der Waals surface area contributed by atoms with Gasteiger partial charge in [0, 0.05) is 6.42 Å². The van der Waals surface area contributed by atoms with Crippen molar-refractivity contribution in [2.24, 2.45) is 5.10 Å². The fraction of sp³-hybridized carbons (Fsp3) is 0.300. The van der Waals surface area contributed by atoms with Crippen molar-refractivity contribution in [2.45, 2.75) is 19.8 Å². The summed E-state index contributed by atoms with van der Waals surface area (Å²) in [5, 5.41) is 4.22. The number of benzene rings is 2. The Hall–Kier alpha value is -3.02. The molecular weight excluding hydrogens is 332 g/mol. The van der Waals surface area contributed by atoms with E-state index in [0.29, 0.717) is 37.6 Å². The number of ether oxygens (including phenoxy) is 3. The van der Waals surface area contributed by atoms with Crippen LogP contribution in [0.5, 0.6) is 11.5 Å². The third-order valence-electron chi connectivity index (χ3n) is 3.46. The molecule has 6 nitrogen and oxygen atoms in total. The molecule has 26 heavy (non-hydrogen) atoms. The third-order valence-corrected chi connectivity index (χ3v) is 3.46. The standard InChI is InChI=1S/C20H24N2O4/c1-3-25-20(23)10-7-13-26-19-14-16(11-12-18(19)24-2)15-21-22-17-8-5-4-6-9-17/h4-6,8-9,11-12,14-15,22H,3,7,10,13H2,1-2H3. The number of methoxy groups -OCH3 is 1. The van der Waals surface area contributed by atoms with Crippen molar-refractivity contribution in [1.82, 2.24) is 0 Å². The maximum Gasteiger partial charge on any atom is 0.305 e. The molecule has 0 unspecified atom stereocenters. The largest absolute Gasteiger partial charge is 0.493 e. The molecule has 0 bridgehead atoms. The molecule has 0 radical (unpaired) electrons. The lowest BCUT2D eigenvalue weighted by Crippen LogP contribution is -2.07. The number of anilines is 1. The van der Waals surface area contributed by atoms with E-state index in [1.165, 1.54) is 0 Å². The lowest BCUT2D eigenvalue weighted by Gasteiger charge is -2.11. The van der Waals surface area contributed by atoms with Gasteiger partial charge < -0.3 is 14.2 Å². The molecule has 0 aliphatic heterocycles. The normalized spacial score (nSPS) is 10.5. The summed E-state index contributed by atoms with van der Waals surface area (Å²) >= 11 is 0. The van der Waals surface area contributed by atoms with Crippen LogP contribution in [-0.2, 0) is 9.53 Å². The van der Waals surface area contributed by atoms with Gasteiger partial charge in [0.2, 0.25) is 0 Å². The van der Waals surface area contributed by atoms with Gasteiger partial charge in [-0.25, -0.2) is 0 Å². The van der Waals surface area contributed by atoms with Gasteiger partial charge in [-0.2, -0.15) is 5.10 Å². The molecule has 1 N–H and O–H groups in total. The highest BCUT2D eigenvalue weighted by Crippen LogP contribution is 2.27. The number of hydrazone groups is 1. The highest BCUT2D eigenvalue weighted by atomic mass is 16.5. The van der Waals surface area contributed by atoms with E-state index in [0.717, 1.165) is 11.3 Å². The van der Waals surface area contributed by atoms with Gasteiger partial charge in [0.1, 0.15) is 0 Å². The molecule has 2 rings (SSSR count). The first-order valence-corrected chi connectivity index (χ1v) is 8.53. The first kappa shape index (κ1) is 19.3. The Morgan fingerprint density at radius 3 is 2.69 bits per heavy atom. The lowest BCUT2D eigenvalue weighted by atomic mass is 10.2. The van der Waals surface area contributed by atoms with Crippen LogP contribution in [0.3, 0.4) is 0 Å². The minimum absolute atomic E-state index is 0.212. The fourth-order valence-corrected chi connectivity index (χ4v) is 2.21. The van der Waals surface area contributed by atoms with Crippen LogP contribution in [0.15, 0.2) is 53.6 Å². The van der Waals surface area contributed by atoms with Gasteiger partial charge in [0.05, 0.1) is 32.2 Å². The molecule has 2 aromatic carbocycles. The smallest absolute Gasteiger partial charge is 0.305 e. The Balaban J connectivity index is 1.91. The number of carbonyl (C=O) groups excluding carboxylic acids is 1. The van der Waals surface area contributed by atoms with Crippen LogP contribution >= 0.6 is 0 Å². The van der Waals surface area contributed by atoms with Crippen LogP contribution in [-0.4, -0.2) is 32.5 Å². The Morgan fingerprint density at radius 2 is 1.96 bits per heavy atom. The van der Waals surface area contributed by atoms with E-state index in [-0.39, 0.29) is 5.97 Å². The Kier molecular flexibility index (Phi) is 7.99. The van der Waals surface area contributed by atoms with E-state index in [2.05, 4.69) is 10.5 Å². The number of nitrogens with zero attached hydrogens (tertiary/aromatic N) is 1. The first-order valence-electron chi connectivity index (χ1n) is 8.53. The molecule has 0 amide bonds. The van der Waals surface area contributed by atoms with Gasteiger partial charge in [0.15, 0.2) is 11.5 Å². The van der Waals surface area contributed by atoms with Crippen molar-refractivity contribution < 1.29 is 19.0 Å². The number of hydrogen-bond donors (Lipinski definition) is 1. The zero-order valence-electron chi connectivity index (χ0n) is 15.1. The molecule has 0 aliphatic rings. The average molecular weight is 356 g/mol. The van der Waals surface area contributed by atoms with E-state index in [4.69, 9.17) is 14.2 Å². The van der Waals surface area contributed by atoms with Crippen molar-refractivity contribution in [2.75, 3.05) is 25.7 Å². The SMILES string of the molecule is CCOC(=O)CCCOc1cc(C=NNc2ccccc2)ccc1OC. The van der Waals surface area contributed by atoms with Crippen LogP contribution in [0.1, 0.15) is 25.3 Å². The monoisotopic (exact) mass is 356 g/mol. The van der Waals surface area contributed by atoms with E-state index in [9.17, 15) is 4.79 Å². The average Bonchev–Trinajstić information content (AvgIpc) is 2.66. The first-order chi connectivity index (χ1) is 12.7. The van der Waals surface area contributed by atoms with Crippen molar-refractivity contribution in [3.8, 4) is 11.5 Å².